The Morgan fingerprint density at radius 2 is 1.92 bits per heavy atom. The van der Waals surface area contributed by atoms with Gasteiger partial charge in [-0.05, 0) is 32.0 Å². The summed E-state index contributed by atoms with van der Waals surface area (Å²) in [7, 11) is 0. The van der Waals surface area contributed by atoms with Crippen LogP contribution in [0.15, 0.2) is 30.6 Å². The van der Waals surface area contributed by atoms with Gasteiger partial charge >= 0.3 is 5.69 Å². The minimum atomic E-state index is -0.539. The molecule has 1 aromatic carbocycles. The van der Waals surface area contributed by atoms with Gasteiger partial charge in [0.2, 0.25) is 11.6 Å². The summed E-state index contributed by atoms with van der Waals surface area (Å²) in [5.74, 6) is 0.132. The molecule has 8 nitrogen and oxygen atoms in total. The van der Waals surface area contributed by atoms with Crippen molar-refractivity contribution < 1.29 is 4.92 Å². The summed E-state index contributed by atoms with van der Waals surface area (Å²) < 4.78 is 0. The summed E-state index contributed by atoms with van der Waals surface area (Å²) >= 11 is 7.34. The first-order valence-corrected chi connectivity index (χ1v) is 8.36. The molecule has 0 aliphatic rings. The van der Waals surface area contributed by atoms with E-state index in [0.29, 0.717) is 15.8 Å². The summed E-state index contributed by atoms with van der Waals surface area (Å²) in [4.78, 5) is 24.3. The summed E-state index contributed by atoms with van der Waals surface area (Å²) in [5.41, 5.74) is 1.18. The number of thiazole rings is 1. The zero-order valence-electron chi connectivity index (χ0n) is 13.3. The average molecular weight is 377 g/mol. The molecule has 2 N–H and O–H groups in total. The number of benzene rings is 1. The molecule has 10 heteroatoms. The van der Waals surface area contributed by atoms with Gasteiger partial charge < -0.3 is 10.6 Å². The Morgan fingerprint density at radius 3 is 2.52 bits per heavy atom. The molecule has 2 aromatic heterocycles. The number of anilines is 4. The van der Waals surface area contributed by atoms with Crippen LogP contribution in [0.3, 0.4) is 0 Å². The highest BCUT2D eigenvalue weighted by molar-refractivity contribution is 7.15. The predicted octanol–water partition coefficient (Wildman–Crippen LogP) is 4.60. The first kappa shape index (κ1) is 17.1. The Bertz CT molecular complexity index is 926. The molecule has 0 aliphatic carbocycles. The van der Waals surface area contributed by atoms with Crippen molar-refractivity contribution in [2.75, 3.05) is 10.6 Å². The quantitative estimate of drug-likeness (QED) is 0.495. The molecule has 3 rings (SSSR count). The molecule has 0 radical (unpaired) electrons. The predicted molar refractivity (Wildman–Crippen MR) is 98.3 cm³/mol. The molecule has 0 atom stereocenters. The number of halogens is 1. The molecular weight excluding hydrogens is 364 g/mol. The van der Waals surface area contributed by atoms with Crippen molar-refractivity contribution in [3.63, 3.8) is 0 Å². The van der Waals surface area contributed by atoms with Gasteiger partial charge in [0.25, 0.3) is 0 Å². The van der Waals surface area contributed by atoms with E-state index in [0.717, 1.165) is 10.6 Å². The van der Waals surface area contributed by atoms with Gasteiger partial charge in [-0.25, -0.2) is 15.0 Å². The second-order valence-corrected chi connectivity index (χ2v) is 6.74. The lowest BCUT2D eigenvalue weighted by atomic mass is 10.3. The minimum Gasteiger partial charge on any atom is -0.334 e. The van der Waals surface area contributed by atoms with Crippen LogP contribution in [0.25, 0.3) is 0 Å². The number of aromatic nitrogens is 3. The highest BCUT2D eigenvalue weighted by Crippen LogP contribution is 2.34. The molecule has 0 amide bonds. The van der Waals surface area contributed by atoms with E-state index < -0.39 is 4.92 Å². The normalized spacial score (nSPS) is 10.5. The maximum Gasteiger partial charge on any atom is 0.353 e. The minimum absolute atomic E-state index is 0.0646. The Labute approximate surface area is 152 Å². The third kappa shape index (κ3) is 3.83. The second-order valence-electron chi connectivity index (χ2n) is 5.10. The van der Waals surface area contributed by atoms with E-state index in [1.165, 1.54) is 17.7 Å². The Morgan fingerprint density at radius 1 is 1.20 bits per heavy atom. The summed E-state index contributed by atoms with van der Waals surface area (Å²) in [5, 5.41) is 18.4. The fourth-order valence-electron chi connectivity index (χ4n) is 2.07. The number of hydrogen-bond donors (Lipinski definition) is 2. The Hall–Kier alpha value is -2.78. The zero-order valence-corrected chi connectivity index (χ0v) is 14.9. The van der Waals surface area contributed by atoms with E-state index >= 15 is 0 Å². The van der Waals surface area contributed by atoms with Gasteiger partial charge in [0, 0.05) is 15.6 Å². The monoisotopic (exact) mass is 376 g/mol. The smallest absolute Gasteiger partial charge is 0.334 e. The lowest BCUT2D eigenvalue weighted by molar-refractivity contribution is -0.383. The van der Waals surface area contributed by atoms with E-state index in [-0.39, 0.29) is 17.3 Å². The molecular formula is C15H13ClN6O2S. The fraction of sp³-hybridized carbons (Fsp3) is 0.133. The molecule has 25 heavy (non-hydrogen) atoms. The largest absolute Gasteiger partial charge is 0.353 e. The molecule has 0 bridgehead atoms. The Balaban J connectivity index is 1.97. The van der Waals surface area contributed by atoms with Gasteiger partial charge in [-0.15, -0.1) is 11.3 Å². The van der Waals surface area contributed by atoms with Gasteiger partial charge in [0.15, 0.2) is 5.13 Å². The first-order chi connectivity index (χ1) is 11.9. The number of hydrogen-bond acceptors (Lipinski definition) is 8. The van der Waals surface area contributed by atoms with Crippen LogP contribution in [-0.2, 0) is 0 Å². The molecule has 0 fully saturated rings. The van der Waals surface area contributed by atoms with E-state index in [9.17, 15) is 10.1 Å². The van der Waals surface area contributed by atoms with Crippen molar-refractivity contribution in [2.45, 2.75) is 13.8 Å². The second kappa shape index (κ2) is 6.99. The number of aryl methyl sites for hydroxylation is 2. The van der Waals surface area contributed by atoms with Crippen molar-refractivity contribution in [1.29, 1.82) is 0 Å². The standard InChI is InChI=1S/C15H13ClN6O2S/c1-8-9(2)25-15(19-8)21-14-12(22(23)24)13(17-7-18-14)20-11-5-3-4-10(16)6-11/h3-7H,1-2H3,(H2,17,18,19,20,21). The molecule has 0 saturated heterocycles. The summed E-state index contributed by atoms with van der Waals surface area (Å²) in [6.07, 6.45) is 1.25. The summed E-state index contributed by atoms with van der Waals surface area (Å²) in [6, 6.07) is 6.83. The zero-order chi connectivity index (χ0) is 18.0. The SMILES string of the molecule is Cc1nc(Nc2ncnc(Nc3cccc(Cl)c3)c2[N+](=O)[O-])sc1C. The Kier molecular flexibility index (Phi) is 4.77. The number of nitrogens with zero attached hydrogens (tertiary/aromatic N) is 4. The van der Waals surface area contributed by atoms with Crippen LogP contribution >= 0.6 is 22.9 Å². The lowest BCUT2D eigenvalue weighted by Crippen LogP contribution is -2.05. The number of rotatable bonds is 5. The van der Waals surface area contributed by atoms with Crippen LogP contribution in [0.4, 0.5) is 28.1 Å². The van der Waals surface area contributed by atoms with Crippen molar-refractivity contribution >= 4 is 51.1 Å². The first-order valence-electron chi connectivity index (χ1n) is 7.17. The maximum absolute atomic E-state index is 11.6. The van der Waals surface area contributed by atoms with Gasteiger partial charge in [-0.2, -0.15) is 0 Å². The molecule has 2 heterocycles. The molecule has 128 valence electrons. The van der Waals surface area contributed by atoms with Crippen LogP contribution in [-0.4, -0.2) is 19.9 Å². The van der Waals surface area contributed by atoms with E-state index in [1.807, 2.05) is 13.8 Å². The van der Waals surface area contributed by atoms with Crippen LogP contribution in [0.5, 0.6) is 0 Å². The van der Waals surface area contributed by atoms with Crippen molar-refractivity contribution in [2.24, 2.45) is 0 Å². The van der Waals surface area contributed by atoms with Crippen LogP contribution in [0.1, 0.15) is 10.6 Å². The van der Waals surface area contributed by atoms with Crippen LogP contribution in [0, 0.1) is 24.0 Å². The number of nitro groups is 1. The topological polar surface area (TPSA) is 106 Å². The molecule has 0 saturated carbocycles. The van der Waals surface area contributed by atoms with Crippen molar-refractivity contribution in [3.8, 4) is 0 Å². The van der Waals surface area contributed by atoms with Crippen LogP contribution < -0.4 is 10.6 Å². The highest BCUT2D eigenvalue weighted by Gasteiger charge is 2.24. The average Bonchev–Trinajstić information content (AvgIpc) is 2.85. The highest BCUT2D eigenvalue weighted by atomic mass is 35.5. The lowest BCUT2D eigenvalue weighted by Gasteiger charge is -2.09. The third-order valence-electron chi connectivity index (χ3n) is 3.35. The van der Waals surface area contributed by atoms with E-state index in [1.54, 1.807) is 24.3 Å². The van der Waals surface area contributed by atoms with Gasteiger partial charge in [-0.1, -0.05) is 17.7 Å². The molecule has 3 aromatic rings. The van der Waals surface area contributed by atoms with Crippen LogP contribution in [0.2, 0.25) is 5.02 Å². The molecule has 0 unspecified atom stereocenters. The van der Waals surface area contributed by atoms with Gasteiger partial charge in [0.1, 0.15) is 6.33 Å². The maximum atomic E-state index is 11.6. The molecule has 0 spiro atoms. The van der Waals surface area contributed by atoms with Crippen molar-refractivity contribution in [1.82, 2.24) is 15.0 Å². The van der Waals surface area contributed by atoms with E-state index in [4.69, 9.17) is 11.6 Å². The number of nitrogens with one attached hydrogen (secondary N) is 2. The fourth-order valence-corrected chi connectivity index (χ4v) is 3.07. The van der Waals surface area contributed by atoms with Gasteiger partial charge in [0.05, 0.1) is 10.6 Å². The molecule has 0 aliphatic heterocycles. The van der Waals surface area contributed by atoms with Crippen molar-refractivity contribution in [3.05, 3.63) is 56.3 Å². The van der Waals surface area contributed by atoms with E-state index in [2.05, 4.69) is 25.6 Å². The van der Waals surface area contributed by atoms with Gasteiger partial charge in [-0.3, -0.25) is 10.1 Å². The summed E-state index contributed by atoms with van der Waals surface area (Å²) in [6.45, 7) is 3.80. The third-order valence-corrected chi connectivity index (χ3v) is 4.57.